The van der Waals surface area contributed by atoms with Gasteiger partial charge in [-0.25, -0.2) is 9.78 Å². The average molecular weight is 254 g/mol. The summed E-state index contributed by atoms with van der Waals surface area (Å²) in [5, 5.41) is 9.24. The van der Waals surface area contributed by atoms with E-state index in [0.29, 0.717) is 11.4 Å². The first kappa shape index (κ1) is 13.8. The largest absolute Gasteiger partial charge is 0.478 e. The Morgan fingerprint density at radius 3 is 2.71 bits per heavy atom. The molecule has 0 bridgehead atoms. The van der Waals surface area contributed by atoms with E-state index >= 15 is 0 Å². The smallest absolute Gasteiger partial charge is 0.339 e. The second-order valence-electron chi connectivity index (χ2n) is 4.00. The van der Waals surface area contributed by atoms with E-state index in [2.05, 4.69) is 4.98 Å². The van der Waals surface area contributed by atoms with Gasteiger partial charge in [0.05, 0.1) is 0 Å². The summed E-state index contributed by atoms with van der Waals surface area (Å²) in [7, 11) is 1.88. The number of pyridine rings is 1. The SMILES string of the molecule is CSCCN(C)c1nc(C)cc(C)c1C(=O)O. The van der Waals surface area contributed by atoms with Gasteiger partial charge in [0.2, 0.25) is 0 Å². The third-order valence-electron chi connectivity index (χ3n) is 2.53. The first-order valence-corrected chi connectivity index (χ1v) is 6.78. The summed E-state index contributed by atoms with van der Waals surface area (Å²) in [6, 6.07) is 1.80. The lowest BCUT2D eigenvalue weighted by Crippen LogP contribution is -2.24. The van der Waals surface area contributed by atoms with E-state index in [1.807, 2.05) is 32.1 Å². The fourth-order valence-corrected chi connectivity index (χ4v) is 2.15. The molecule has 1 aromatic heterocycles. The summed E-state index contributed by atoms with van der Waals surface area (Å²) in [5.41, 5.74) is 1.91. The van der Waals surface area contributed by atoms with Crippen LogP contribution < -0.4 is 4.90 Å². The Bertz CT molecular complexity index is 421. The first-order valence-electron chi connectivity index (χ1n) is 5.39. The number of carboxylic acids is 1. The maximum atomic E-state index is 11.3. The second kappa shape index (κ2) is 5.91. The van der Waals surface area contributed by atoms with Gasteiger partial charge >= 0.3 is 5.97 Å². The van der Waals surface area contributed by atoms with Gasteiger partial charge < -0.3 is 10.0 Å². The van der Waals surface area contributed by atoms with E-state index in [4.69, 9.17) is 0 Å². The highest BCUT2D eigenvalue weighted by atomic mass is 32.2. The van der Waals surface area contributed by atoms with Crippen LogP contribution in [-0.4, -0.2) is 41.7 Å². The van der Waals surface area contributed by atoms with Crippen LogP contribution in [0.15, 0.2) is 6.07 Å². The fourth-order valence-electron chi connectivity index (χ4n) is 1.69. The van der Waals surface area contributed by atoms with Crippen molar-refractivity contribution in [1.82, 2.24) is 4.98 Å². The number of aromatic carboxylic acids is 1. The Morgan fingerprint density at radius 2 is 2.18 bits per heavy atom. The van der Waals surface area contributed by atoms with Crippen molar-refractivity contribution >= 4 is 23.5 Å². The maximum absolute atomic E-state index is 11.3. The van der Waals surface area contributed by atoms with Crippen molar-refractivity contribution in [2.45, 2.75) is 13.8 Å². The Kier molecular flexibility index (Phi) is 4.81. The van der Waals surface area contributed by atoms with Crippen molar-refractivity contribution in [3.63, 3.8) is 0 Å². The Labute approximate surface area is 106 Å². The minimum atomic E-state index is -0.916. The van der Waals surface area contributed by atoms with Crippen LogP contribution in [0.2, 0.25) is 0 Å². The number of thioether (sulfide) groups is 1. The number of nitrogens with zero attached hydrogens (tertiary/aromatic N) is 2. The molecule has 0 saturated carbocycles. The van der Waals surface area contributed by atoms with Crippen LogP contribution in [0.3, 0.4) is 0 Å². The van der Waals surface area contributed by atoms with Crippen LogP contribution in [-0.2, 0) is 0 Å². The lowest BCUT2D eigenvalue weighted by molar-refractivity contribution is 0.0696. The van der Waals surface area contributed by atoms with Crippen molar-refractivity contribution in [3.05, 3.63) is 22.9 Å². The average Bonchev–Trinajstić information content (AvgIpc) is 2.23. The summed E-state index contributed by atoms with van der Waals surface area (Å²) in [5.74, 6) is 0.592. The summed E-state index contributed by atoms with van der Waals surface area (Å²) >= 11 is 1.73. The number of anilines is 1. The summed E-state index contributed by atoms with van der Waals surface area (Å²) in [6.07, 6.45) is 2.03. The number of aromatic nitrogens is 1. The molecule has 0 aliphatic heterocycles. The highest BCUT2D eigenvalue weighted by Gasteiger charge is 2.18. The second-order valence-corrected chi connectivity index (χ2v) is 4.98. The Hall–Kier alpha value is -1.23. The molecule has 0 fully saturated rings. The molecule has 1 rings (SSSR count). The third kappa shape index (κ3) is 3.36. The monoisotopic (exact) mass is 254 g/mol. The molecule has 1 heterocycles. The van der Waals surface area contributed by atoms with Crippen molar-refractivity contribution in [2.75, 3.05) is 30.5 Å². The molecule has 1 N–H and O–H groups in total. The predicted octanol–water partition coefficient (Wildman–Crippen LogP) is 2.20. The predicted molar refractivity (Wildman–Crippen MR) is 72.3 cm³/mol. The van der Waals surface area contributed by atoms with Gasteiger partial charge in [-0.15, -0.1) is 0 Å². The normalized spacial score (nSPS) is 10.4. The molecule has 0 radical (unpaired) electrons. The van der Waals surface area contributed by atoms with E-state index in [9.17, 15) is 9.90 Å². The molecule has 0 amide bonds. The van der Waals surface area contributed by atoms with Crippen LogP contribution in [0.1, 0.15) is 21.6 Å². The van der Waals surface area contributed by atoms with Crippen molar-refractivity contribution in [1.29, 1.82) is 0 Å². The van der Waals surface area contributed by atoms with E-state index in [0.717, 1.165) is 23.6 Å². The summed E-state index contributed by atoms with van der Waals surface area (Å²) < 4.78 is 0. The van der Waals surface area contributed by atoms with Crippen LogP contribution in [0.4, 0.5) is 5.82 Å². The number of hydrogen-bond donors (Lipinski definition) is 1. The molecular formula is C12H18N2O2S. The van der Waals surface area contributed by atoms with Crippen LogP contribution in [0, 0.1) is 13.8 Å². The lowest BCUT2D eigenvalue weighted by atomic mass is 10.1. The van der Waals surface area contributed by atoms with Gasteiger partial charge in [0, 0.05) is 25.0 Å². The van der Waals surface area contributed by atoms with Crippen LogP contribution in [0.5, 0.6) is 0 Å². The number of aryl methyl sites for hydroxylation is 2. The van der Waals surface area contributed by atoms with Crippen LogP contribution in [0.25, 0.3) is 0 Å². The van der Waals surface area contributed by atoms with Crippen LogP contribution >= 0.6 is 11.8 Å². The zero-order chi connectivity index (χ0) is 13.0. The Morgan fingerprint density at radius 1 is 1.53 bits per heavy atom. The van der Waals surface area contributed by atoms with Gasteiger partial charge in [-0.3, -0.25) is 0 Å². The molecule has 1 aromatic rings. The molecule has 4 nitrogen and oxygen atoms in total. The molecule has 94 valence electrons. The molecule has 17 heavy (non-hydrogen) atoms. The Balaban J connectivity index is 3.15. The molecule has 5 heteroatoms. The van der Waals surface area contributed by atoms with Gasteiger partial charge in [-0.1, -0.05) is 0 Å². The lowest BCUT2D eigenvalue weighted by Gasteiger charge is -2.21. The van der Waals surface area contributed by atoms with E-state index in [1.165, 1.54) is 0 Å². The van der Waals surface area contributed by atoms with E-state index in [-0.39, 0.29) is 0 Å². The van der Waals surface area contributed by atoms with Crippen molar-refractivity contribution < 1.29 is 9.90 Å². The zero-order valence-corrected chi connectivity index (χ0v) is 11.5. The van der Waals surface area contributed by atoms with Crippen molar-refractivity contribution in [2.24, 2.45) is 0 Å². The molecule has 0 atom stereocenters. The molecule has 0 saturated heterocycles. The topological polar surface area (TPSA) is 53.4 Å². The van der Waals surface area contributed by atoms with Gasteiger partial charge in [0.15, 0.2) is 0 Å². The summed E-state index contributed by atoms with van der Waals surface area (Å²) in [4.78, 5) is 17.5. The standard InChI is InChI=1S/C12H18N2O2S/c1-8-7-9(2)13-11(10(8)12(15)16)14(3)5-6-17-4/h7H,5-6H2,1-4H3,(H,15,16). The van der Waals surface area contributed by atoms with Gasteiger partial charge in [-0.05, 0) is 31.7 Å². The first-order chi connectivity index (χ1) is 7.97. The number of carbonyl (C=O) groups is 1. The minimum Gasteiger partial charge on any atom is -0.478 e. The zero-order valence-electron chi connectivity index (χ0n) is 10.6. The molecule has 0 unspecified atom stereocenters. The molecular weight excluding hydrogens is 236 g/mol. The van der Waals surface area contributed by atoms with Gasteiger partial charge in [0.25, 0.3) is 0 Å². The quantitative estimate of drug-likeness (QED) is 0.873. The van der Waals surface area contributed by atoms with E-state index in [1.54, 1.807) is 17.8 Å². The molecule has 0 aliphatic rings. The highest BCUT2D eigenvalue weighted by molar-refractivity contribution is 7.98. The number of carboxylic acid groups (broad SMARTS) is 1. The van der Waals surface area contributed by atoms with E-state index < -0.39 is 5.97 Å². The molecule has 0 aliphatic carbocycles. The number of rotatable bonds is 5. The minimum absolute atomic E-state index is 0.305. The number of hydrogen-bond acceptors (Lipinski definition) is 4. The maximum Gasteiger partial charge on any atom is 0.339 e. The summed E-state index contributed by atoms with van der Waals surface area (Å²) in [6.45, 7) is 4.48. The molecule has 0 spiro atoms. The fraction of sp³-hybridized carbons (Fsp3) is 0.500. The van der Waals surface area contributed by atoms with Crippen molar-refractivity contribution in [3.8, 4) is 0 Å². The third-order valence-corrected chi connectivity index (χ3v) is 3.12. The van der Waals surface area contributed by atoms with Gasteiger partial charge in [-0.2, -0.15) is 11.8 Å². The van der Waals surface area contributed by atoms with Gasteiger partial charge in [0.1, 0.15) is 11.4 Å². The molecule has 0 aromatic carbocycles. The highest BCUT2D eigenvalue weighted by Crippen LogP contribution is 2.21.